The highest BCUT2D eigenvalue weighted by Crippen LogP contribution is 2.02. The maximum absolute atomic E-state index is 11.4. The Hall–Kier alpha value is -1.68. The van der Waals surface area contributed by atoms with Gasteiger partial charge in [0.25, 0.3) is 0 Å². The summed E-state index contributed by atoms with van der Waals surface area (Å²) in [5.74, 6) is -0.200. The normalized spacial score (nSPS) is 13.3. The SMILES string of the molecule is CCC(O)C=CC=CC=CC(=O)CCCCC(=O)OC. The van der Waals surface area contributed by atoms with Crippen LogP contribution in [0.2, 0.25) is 0 Å². The zero-order valence-corrected chi connectivity index (χ0v) is 12.2. The van der Waals surface area contributed by atoms with Crippen molar-refractivity contribution in [2.75, 3.05) is 7.11 Å². The van der Waals surface area contributed by atoms with Gasteiger partial charge in [0.2, 0.25) is 0 Å². The lowest BCUT2D eigenvalue weighted by molar-refractivity contribution is -0.140. The van der Waals surface area contributed by atoms with E-state index in [0.717, 1.165) is 0 Å². The van der Waals surface area contributed by atoms with E-state index in [1.807, 2.05) is 6.92 Å². The van der Waals surface area contributed by atoms with Crippen LogP contribution in [-0.2, 0) is 14.3 Å². The lowest BCUT2D eigenvalue weighted by Crippen LogP contribution is -2.00. The van der Waals surface area contributed by atoms with Crippen LogP contribution in [0.15, 0.2) is 36.5 Å². The molecule has 1 atom stereocenters. The first-order valence-corrected chi connectivity index (χ1v) is 6.89. The van der Waals surface area contributed by atoms with Crippen LogP contribution in [0.4, 0.5) is 0 Å². The van der Waals surface area contributed by atoms with Crippen molar-refractivity contribution < 1.29 is 19.4 Å². The Kier molecular flexibility index (Phi) is 11.3. The zero-order chi connectivity index (χ0) is 15.2. The number of methoxy groups -OCH3 is 1. The largest absolute Gasteiger partial charge is 0.469 e. The summed E-state index contributed by atoms with van der Waals surface area (Å²) in [5, 5.41) is 9.25. The number of aliphatic hydroxyl groups is 1. The molecule has 0 aliphatic rings. The van der Waals surface area contributed by atoms with Gasteiger partial charge in [0.1, 0.15) is 0 Å². The molecule has 0 aromatic heterocycles. The maximum Gasteiger partial charge on any atom is 0.305 e. The van der Waals surface area contributed by atoms with Gasteiger partial charge in [-0.05, 0) is 25.3 Å². The topological polar surface area (TPSA) is 63.6 Å². The van der Waals surface area contributed by atoms with Crippen LogP contribution in [0.5, 0.6) is 0 Å². The molecule has 0 aliphatic heterocycles. The second-order valence-electron chi connectivity index (χ2n) is 4.35. The molecule has 0 rings (SSSR count). The number of ketones is 1. The monoisotopic (exact) mass is 280 g/mol. The predicted molar refractivity (Wildman–Crippen MR) is 79.2 cm³/mol. The average Bonchev–Trinajstić information content (AvgIpc) is 2.46. The molecule has 0 saturated carbocycles. The molecule has 0 saturated heterocycles. The number of carbonyl (C=O) groups excluding carboxylic acids is 2. The minimum Gasteiger partial charge on any atom is -0.469 e. The van der Waals surface area contributed by atoms with Gasteiger partial charge < -0.3 is 9.84 Å². The maximum atomic E-state index is 11.4. The standard InChI is InChI=1S/C16H24O4/c1-3-14(17)10-6-4-5-7-11-15(18)12-8-9-13-16(19)20-2/h4-7,10-11,14,17H,3,8-9,12-13H2,1-2H3. The van der Waals surface area contributed by atoms with E-state index in [1.165, 1.54) is 13.2 Å². The number of rotatable bonds is 10. The van der Waals surface area contributed by atoms with Crippen LogP contribution in [0.25, 0.3) is 0 Å². The highest BCUT2D eigenvalue weighted by atomic mass is 16.5. The van der Waals surface area contributed by atoms with E-state index in [2.05, 4.69) is 4.74 Å². The van der Waals surface area contributed by atoms with Crippen molar-refractivity contribution >= 4 is 11.8 Å². The van der Waals surface area contributed by atoms with Crippen LogP contribution in [0.3, 0.4) is 0 Å². The molecule has 0 heterocycles. The zero-order valence-electron chi connectivity index (χ0n) is 12.2. The van der Waals surface area contributed by atoms with Gasteiger partial charge in [0.05, 0.1) is 13.2 Å². The number of ether oxygens (including phenoxy) is 1. The number of unbranched alkanes of at least 4 members (excludes halogenated alkanes) is 1. The molecule has 0 amide bonds. The smallest absolute Gasteiger partial charge is 0.305 e. The molecule has 0 fully saturated rings. The van der Waals surface area contributed by atoms with Gasteiger partial charge in [-0.1, -0.05) is 37.3 Å². The third-order valence-electron chi connectivity index (χ3n) is 2.65. The van der Waals surface area contributed by atoms with Gasteiger partial charge in [-0.3, -0.25) is 9.59 Å². The van der Waals surface area contributed by atoms with E-state index in [-0.39, 0.29) is 11.8 Å². The summed E-state index contributed by atoms with van der Waals surface area (Å²) in [6.07, 6.45) is 12.5. The molecule has 0 aliphatic carbocycles. The molecule has 0 aromatic rings. The molecule has 112 valence electrons. The lowest BCUT2D eigenvalue weighted by atomic mass is 10.1. The van der Waals surface area contributed by atoms with Crippen molar-refractivity contribution in [3.8, 4) is 0 Å². The number of aliphatic hydroxyl groups excluding tert-OH is 1. The fourth-order valence-electron chi connectivity index (χ4n) is 1.37. The van der Waals surface area contributed by atoms with E-state index in [9.17, 15) is 14.7 Å². The summed E-state index contributed by atoms with van der Waals surface area (Å²) >= 11 is 0. The number of allylic oxidation sites excluding steroid dienone is 5. The van der Waals surface area contributed by atoms with E-state index in [1.54, 1.807) is 30.4 Å². The Morgan fingerprint density at radius 3 is 2.40 bits per heavy atom. The number of esters is 1. The molecule has 0 bridgehead atoms. The van der Waals surface area contributed by atoms with Gasteiger partial charge in [-0.25, -0.2) is 0 Å². The minimum atomic E-state index is -0.417. The van der Waals surface area contributed by atoms with Gasteiger partial charge in [0, 0.05) is 12.8 Å². The van der Waals surface area contributed by atoms with E-state index < -0.39 is 6.10 Å². The van der Waals surface area contributed by atoms with Gasteiger partial charge in [0.15, 0.2) is 5.78 Å². The Balaban J connectivity index is 3.75. The molecular weight excluding hydrogens is 256 g/mol. The van der Waals surface area contributed by atoms with Crippen molar-refractivity contribution in [1.29, 1.82) is 0 Å². The summed E-state index contributed by atoms with van der Waals surface area (Å²) in [6, 6.07) is 0. The van der Waals surface area contributed by atoms with Gasteiger partial charge >= 0.3 is 5.97 Å². The average molecular weight is 280 g/mol. The second kappa shape index (κ2) is 12.4. The Morgan fingerprint density at radius 2 is 1.75 bits per heavy atom. The fourth-order valence-corrected chi connectivity index (χ4v) is 1.37. The van der Waals surface area contributed by atoms with Crippen LogP contribution in [0.1, 0.15) is 39.0 Å². The molecule has 0 radical (unpaired) electrons. The highest BCUT2D eigenvalue weighted by Gasteiger charge is 2.01. The first kappa shape index (κ1) is 18.3. The summed E-state index contributed by atoms with van der Waals surface area (Å²) in [6.45, 7) is 1.90. The number of hydrogen-bond donors (Lipinski definition) is 1. The van der Waals surface area contributed by atoms with Crippen LogP contribution >= 0.6 is 0 Å². The number of hydrogen-bond acceptors (Lipinski definition) is 4. The van der Waals surface area contributed by atoms with Crippen LogP contribution in [-0.4, -0.2) is 30.1 Å². The molecule has 1 N–H and O–H groups in total. The van der Waals surface area contributed by atoms with Gasteiger partial charge in [-0.15, -0.1) is 0 Å². The lowest BCUT2D eigenvalue weighted by Gasteiger charge is -1.97. The first-order valence-electron chi connectivity index (χ1n) is 6.89. The predicted octanol–water partition coefficient (Wildman–Crippen LogP) is 2.73. The Bertz CT molecular complexity index is 367. The number of carbonyl (C=O) groups is 2. The van der Waals surface area contributed by atoms with Crippen molar-refractivity contribution in [2.45, 2.75) is 45.1 Å². The summed E-state index contributed by atoms with van der Waals surface area (Å²) < 4.78 is 4.51. The molecular formula is C16H24O4. The van der Waals surface area contributed by atoms with Crippen molar-refractivity contribution in [2.24, 2.45) is 0 Å². The molecule has 20 heavy (non-hydrogen) atoms. The van der Waals surface area contributed by atoms with E-state index in [0.29, 0.717) is 32.1 Å². The van der Waals surface area contributed by atoms with Gasteiger partial charge in [-0.2, -0.15) is 0 Å². The van der Waals surface area contributed by atoms with E-state index >= 15 is 0 Å². The molecule has 4 heteroatoms. The van der Waals surface area contributed by atoms with E-state index in [4.69, 9.17) is 0 Å². The Morgan fingerprint density at radius 1 is 1.10 bits per heavy atom. The molecule has 1 unspecified atom stereocenters. The summed E-state index contributed by atoms with van der Waals surface area (Å²) in [5.41, 5.74) is 0. The quantitative estimate of drug-likeness (QED) is 0.289. The van der Waals surface area contributed by atoms with Crippen molar-refractivity contribution in [1.82, 2.24) is 0 Å². The first-order chi connectivity index (χ1) is 9.60. The molecule has 0 aromatic carbocycles. The second-order valence-corrected chi connectivity index (χ2v) is 4.35. The molecule has 4 nitrogen and oxygen atoms in total. The van der Waals surface area contributed by atoms with Crippen molar-refractivity contribution in [3.63, 3.8) is 0 Å². The third kappa shape index (κ3) is 11.4. The molecule has 0 spiro atoms. The van der Waals surface area contributed by atoms with Crippen LogP contribution in [0, 0.1) is 0 Å². The Labute approximate surface area is 120 Å². The van der Waals surface area contributed by atoms with Crippen molar-refractivity contribution in [3.05, 3.63) is 36.5 Å². The summed E-state index contributed by atoms with van der Waals surface area (Å²) in [7, 11) is 1.36. The third-order valence-corrected chi connectivity index (χ3v) is 2.65. The summed E-state index contributed by atoms with van der Waals surface area (Å²) in [4.78, 5) is 22.3. The highest BCUT2D eigenvalue weighted by molar-refractivity contribution is 5.89. The van der Waals surface area contributed by atoms with Crippen LogP contribution < -0.4 is 0 Å². The minimum absolute atomic E-state index is 0.0390. The fraction of sp³-hybridized carbons (Fsp3) is 0.500.